The number of nitrogens with zero attached hydrogens (tertiary/aromatic N) is 3. The third-order valence-corrected chi connectivity index (χ3v) is 4.28. The van der Waals surface area contributed by atoms with Crippen LogP contribution in [0.1, 0.15) is 39.0 Å². The fraction of sp³-hybridized carbons (Fsp3) is 0.733. The largest absolute Gasteiger partial charge is 0.373 e. The van der Waals surface area contributed by atoms with Crippen LogP contribution in [-0.2, 0) is 6.54 Å². The molecule has 112 valence electrons. The monoisotopic (exact) mass is 278 g/mol. The molecular weight excluding hydrogens is 252 g/mol. The lowest BCUT2D eigenvalue weighted by atomic mass is 10.0. The molecule has 2 unspecified atom stereocenters. The molecule has 5 heteroatoms. The molecule has 0 radical (unpaired) electrons. The zero-order valence-corrected chi connectivity index (χ0v) is 12.6. The number of aromatic nitrogens is 2. The summed E-state index contributed by atoms with van der Waals surface area (Å²) in [4.78, 5) is 14.1. The summed E-state index contributed by atoms with van der Waals surface area (Å²) in [6, 6.07) is 1.98. The quantitative estimate of drug-likeness (QED) is 0.858. The Balaban J connectivity index is 1.97. The van der Waals surface area contributed by atoms with Gasteiger partial charge in [-0.1, -0.05) is 13.3 Å². The Morgan fingerprint density at radius 3 is 2.90 bits per heavy atom. The molecule has 1 fully saturated rings. The van der Waals surface area contributed by atoms with E-state index in [1.807, 2.05) is 7.05 Å². The fourth-order valence-electron chi connectivity index (χ4n) is 2.98. The topological polar surface area (TPSA) is 64.2 Å². The van der Waals surface area contributed by atoms with Gasteiger partial charge in [-0.15, -0.1) is 0 Å². The zero-order chi connectivity index (χ0) is 14.5. The lowest BCUT2D eigenvalue weighted by molar-refractivity contribution is 0.396. The molecule has 1 aliphatic carbocycles. The van der Waals surface area contributed by atoms with E-state index in [1.165, 1.54) is 12.8 Å². The van der Waals surface area contributed by atoms with Gasteiger partial charge in [0.1, 0.15) is 0 Å². The molecule has 0 aliphatic heterocycles. The Morgan fingerprint density at radius 1 is 1.50 bits per heavy atom. The highest BCUT2D eigenvalue weighted by atomic mass is 16.1. The summed E-state index contributed by atoms with van der Waals surface area (Å²) in [5.41, 5.74) is 6.94. The highest BCUT2D eigenvalue weighted by Crippen LogP contribution is 2.26. The van der Waals surface area contributed by atoms with Gasteiger partial charge in [0.2, 0.25) is 0 Å². The van der Waals surface area contributed by atoms with Gasteiger partial charge in [-0.05, 0) is 31.6 Å². The molecule has 1 aromatic rings. The first kappa shape index (κ1) is 15.0. The number of hydrogen-bond donors (Lipinski definition) is 1. The second-order valence-electron chi connectivity index (χ2n) is 5.84. The predicted octanol–water partition coefficient (Wildman–Crippen LogP) is 1.61. The Hall–Kier alpha value is -1.36. The van der Waals surface area contributed by atoms with Crippen LogP contribution in [-0.4, -0.2) is 29.4 Å². The predicted molar refractivity (Wildman–Crippen MR) is 82.0 cm³/mol. The van der Waals surface area contributed by atoms with Gasteiger partial charge in [0.05, 0.1) is 11.9 Å². The van der Waals surface area contributed by atoms with Crippen molar-refractivity contribution in [2.24, 2.45) is 11.7 Å². The minimum atomic E-state index is -0.0166. The third kappa shape index (κ3) is 3.60. The van der Waals surface area contributed by atoms with Crippen molar-refractivity contribution in [3.63, 3.8) is 0 Å². The standard InChI is InChI=1S/C15H26N4O/c1-3-8-18(2)13-10-15(20)19(17-11-13)9-7-12-5-4-6-14(12)16/h10-12,14H,3-9,16H2,1-2H3. The van der Waals surface area contributed by atoms with Gasteiger partial charge in [-0.2, -0.15) is 5.10 Å². The van der Waals surface area contributed by atoms with Gasteiger partial charge in [-0.25, -0.2) is 4.68 Å². The average Bonchev–Trinajstić information content (AvgIpc) is 2.83. The van der Waals surface area contributed by atoms with Crippen LogP contribution >= 0.6 is 0 Å². The first-order valence-corrected chi connectivity index (χ1v) is 7.65. The summed E-state index contributed by atoms with van der Waals surface area (Å²) in [7, 11) is 1.99. The average molecular weight is 278 g/mol. The minimum Gasteiger partial charge on any atom is -0.373 e. The van der Waals surface area contributed by atoms with E-state index < -0.39 is 0 Å². The van der Waals surface area contributed by atoms with E-state index in [9.17, 15) is 4.79 Å². The Bertz CT molecular complexity index is 485. The van der Waals surface area contributed by atoms with Gasteiger partial charge >= 0.3 is 0 Å². The Kier molecular flexibility index (Phi) is 5.17. The molecule has 0 bridgehead atoms. The highest BCUT2D eigenvalue weighted by molar-refractivity contribution is 5.41. The van der Waals surface area contributed by atoms with Gasteiger partial charge < -0.3 is 10.6 Å². The molecule has 1 aliphatic rings. The minimum absolute atomic E-state index is 0.0166. The van der Waals surface area contributed by atoms with Crippen LogP contribution in [0.15, 0.2) is 17.1 Å². The summed E-state index contributed by atoms with van der Waals surface area (Å²) in [6.45, 7) is 3.73. The molecule has 1 saturated carbocycles. The maximum absolute atomic E-state index is 12.1. The molecule has 0 spiro atoms. The van der Waals surface area contributed by atoms with Crippen molar-refractivity contribution in [1.29, 1.82) is 0 Å². The molecule has 5 nitrogen and oxygen atoms in total. The molecule has 1 heterocycles. The fourth-order valence-corrected chi connectivity index (χ4v) is 2.98. The summed E-state index contributed by atoms with van der Waals surface area (Å²) >= 11 is 0. The van der Waals surface area contributed by atoms with Gasteiger partial charge in [0.15, 0.2) is 0 Å². The van der Waals surface area contributed by atoms with Crippen molar-refractivity contribution in [2.75, 3.05) is 18.5 Å². The van der Waals surface area contributed by atoms with E-state index in [2.05, 4.69) is 16.9 Å². The lowest BCUT2D eigenvalue weighted by Gasteiger charge is -2.18. The smallest absolute Gasteiger partial charge is 0.268 e. The van der Waals surface area contributed by atoms with Crippen molar-refractivity contribution >= 4 is 5.69 Å². The first-order chi connectivity index (χ1) is 9.61. The van der Waals surface area contributed by atoms with Crippen molar-refractivity contribution in [1.82, 2.24) is 9.78 Å². The molecule has 2 rings (SSSR count). The van der Waals surface area contributed by atoms with Gasteiger partial charge in [0, 0.05) is 32.2 Å². The highest BCUT2D eigenvalue weighted by Gasteiger charge is 2.23. The maximum Gasteiger partial charge on any atom is 0.268 e. The molecule has 20 heavy (non-hydrogen) atoms. The number of aryl methyl sites for hydroxylation is 1. The summed E-state index contributed by atoms with van der Waals surface area (Å²) in [6.07, 6.45) is 7.32. The third-order valence-electron chi connectivity index (χ3n) is 4.28. The molecule has 2 atom stereocenters. The van der Waals surface area contributed by atoms with Crippen LogP contribution in [0.2, 0.25) is 0 Å². The summed E-state index contributed by atoms with van der Waals surface area (Å²) in [5.74, 6) is 0.547. The van der Waals surface area contributed by atoms with E-state index >= 15 is 0 Å². The van der Waals surface area contributed by atoms with E-state index in [4.69, 9.17) is 5.73 Å². The van der Waals surface area contributed by atoms with Crippen molar-refractivity contribution < 1.29 is 0 Å². The summed E-state index contributed by atoms with van der Waals surface area (Å²) < 4.78 is 1.56. The van der Waals surface area contributed by atoms with Crippen molar-refractivity contribution in [3.05, 3.63) is 22.6 Å². The van der Waals surface area contributed by atoms with Crippen molar-refractivity contribution in [2.45, 2.75) is 51.6 Å². The van der Waals surface area contributed by atoms with E-state index in [0.29, 0.717) is 18.5 Å². The molecule has 2 N–H and O–H groups in total. The molecule has 0 aromatic carbocycles. The van der Waals surface area contributed by atoms with Crippen molar-refractivity contribution in [3.8, 4) is 0 Å². The van der Waals surface area contributed by atoms with Gasteiger partial charge in [-0.3, -0.25) is 4.79 Å². The number of anilines is 1. The Morgan fingerprint density at radius 2 is 2.30 bits per heavy atom. The normalized spacial score (nSPS) is 22.1. The van der Waals surface area contributed by atoms with E-state index in [0.717, 1.165) is 31.5 Å². The number of rotatable bonds is 6. The number of hydrogen-bond acceptors (Lipinski definition) is 4. The second kappa shape index (κ2) is 6.88. The van der Waals surface area contributed by atoms with E-state index in [1.54, 1.807) is 16.9 Å². The number of nitrogens with two attached hydrogens (primary N) is 1. The van der Waals surface area contributed by atoms with Crippen LogP contribution in [0.5, 0.6) is 0 Å². The van der Waals surface area contributed by atoms with Crippen LogP contribution in [0.25, 0.3) is 0 Å². The van der Waals surface area contributed by atoms with Crippen LogP contribution in [0.4, 0.5) is 5.69 Å². The van der Waals surface area contributed by atoms with Crippen LogP contribution in [0.3, 0.4) is 0 Å². The second-order valence-corrected chi connectivity index (χ2v) is 5.84. The zero-order valence-electron chi connectivity index (χ0n) is 12.6. The maximum atomic E-state index is 12.1. The van der Waals surface area contributed by atoms with Crippen LogP contribution < -0.4 is 16.2 Å². The molecule has 0 amide bonds. The van der Waals surface area contributed by atoms with E-state index in [-0.39, 0.29) is 5.56 Å². The van der Waals surface area contributed by atoms with Gasteiger partial charge in [0.25, 0.3) is 5.56 Å². The molecule has 1 aromatic heterocycles. The van der Waals surface area contributed by atoms with Crippen LogP contribution in [0, 0.1) is 5.92 Å². The summed E-state index contributed by atoms with van der Waals surface area (Å²) in [5, 5.41) is 4.29. The lowest BCUT2D eigenvalue weighted by Crippen LogP contribution is -2.29. The Labute approximate surface area is 120 Å². The first-order valence-electron chi connectivity index (χ1n) is 7.65. The SMILES string of the molecule is CCCN(C)c1cnn(CCC2CCCC2N)c(=O)c1. The molecule has 0 saturated heterocycles. The molecular formula is C15H26N4O.